The van der Waals surface area contributed by atoms with E-state index in [2.05, 4.69) is 0 Å². The van der Waals surface area contributed by atoms with Gasteiger partial charge in [0.25, 0.3) is 0 Å². The standard InChI is InChI=1S/C9H15F2N/c10-9(11)3-1-2-7(6-9)8(12)4-5-8/h7H,1-6,12H2. The van der Waals surface area contributed by atoms with E-state index in [1.165, 1.54) is 0 Å². The molecule has 12 heavy (non-hydrogen) atoms. The molecular weight excluding hydrogens is 160 g/mol. The molecular formula is C9H15F2N. The molecule has 70 valence electrons. The second kappa shape index (κ2) is 2.41. The van der Waals surface area contributed by atoms with Crippen LogP contribution in [0.5, 0.6) is 0 Å². The zero-order chi connectivity index (χ0) is 8.82. The molecule has 0 aromatic heterocycles. The summed E-state index contributed by atoms with van der Waals surface area (Å²) in [5.41, 5.74) is 5.70. The summed E-state index contributed by atoms with van der Waals surface area (Å²) < 4.78 is 25.9. The van der Waals surface area contributed by atoms with E-state index in [-0.39, 0.29) is 24.3 Å². The van der Waals surface area contributed by atoms with E-state index in [0.717, 1.165) is 19.3 Å². The fraction of sp³-hybridized carbons (Fsp3) is 1.00. The molecule has 1 atom stereocenters. The topological polar surface area (TPSA) is 26.0 Å². The van der Waals surface area contributed by atoms with Crippen molar-refractivity contribution in [1.82, 2.24) is 0 Å². The van der Waals surface area contributed by atoms with Gasteiger partial charge in [-0.2, -0.15) is 0 Å². The van der Waals surface area contributed by atoms with E-state index in [9.17, 15) is 8.78 Å². The Morgan fingerprint density at radius 3 is 2.33 bits per heavy atom. The van der Waals surface area contributed by atoms with E-state index >= 15 is 0 Å². The minimum atomic E-state index is -2.43. The molecule has 0 heterocycles. The van der Waals surface area contributed by atoms with Gasteiger partial charge in [-0.05, 0) is 31.6 Å². The number of halogens is 2. The van der Waals surface area contributed by atoms with Crippen LogP contribution in [-0.2, 0) is 0 Å². The van der Waals surface area contributed by atoms with Crippen LogP contribution in [0.1, 0.15) is 38.5 Å². The maximum Gasteiger partial charge on any atom is 0.248 e. The Hall–Kier alpha value is -0.180. The molecule has 0 bridgehead atoms. The molecule has 2 rings (SSSR count). The molecule has 0 spiro atoms. The molecule has 0 aliphatic heterocycles. The second-order valence-corrected chi connectivity index (χ2v) is 4.38. The lowest BCUT2D eigenvalue weighted by molar-refractivity contribution is -0.0579. The second-order valence-electron chi connectivity index (χ2n) is 4.38. The molecule has 0 saturated heterocycles. The molecule has 2 saturated carbocycles. The molecule has 0 amide bonds. The summed E-state index contributed by atoms with van der Waals surface area (Å²) in [6.07, 6.45) is 3.56. The zero-order valence-electron chi connectivity index (χ0n) is 7.15. The highest BCUT2D eigenvalue weighted by molar-refractivity contribution is 5.06. The number of rotatable bonds is 1. The van der Waals surface area contributed by atoms with Crippen molar-refractivity contribution in [1.29, 1.82) is 0 Å². The Bertz CT molecular complexity index is 187. The number of hydrogen-bond acceptors (Lipinski definition) is 1. The van der Waals surface area contributed by atoms with Gasteiger partial charge >= 0.3 is 0 Å². The van der Waals surface area contributed by atoms with Crippen LogP contribution < -0.4 is 5.73 Å². The summed E-state index contributed by atoms with van der Waals surface area (Å²) in [5.74, 6) is -2.35. The fourth-order valence-electron chi connectivity index (χ4n) is 2.22. The van der Waals surface area contributed by atoms with Crippen molar-refractivity contribution in [3.8, 4) is 0 Å². The van der Waals surface area contributed by atoms with Gasteiger partial charge in [-0.1, -0.05) is 0 Å². The van der Waals surface area contributed by atoms with Crippen molar-refractivity contribution in [2.24, 2.45) is 11.7 Å². The van der Waals surface area contributed by atoms with E-state index < -0.39 is 5.92 Å². The Kier molecular flexibility index (Phi) is 1.69. The van der Waals surface area contributed by atoms with E-state index in [4.69, 9.17) is 5.73 Å². The van der Waals surface area contributed by atoms with Gasteiger partial charge in [0.2, 0.25) is 5.92 Å². The molecule has 0 aromatic rings. The largest absolute Gasteiger partial charge is 0.325 e. The van der Waals surface area contributed by atoms with Gasteiger partial charge in [0.15, 0.2) is 0 Å². The Morgan fingerprint density at radius 1 is 1.17 bits per heavy atom. The number of hydrogen-bond donors (Lipinski definition) is 1. The molecule has 0 radical (unpaired) electrons. The third kappa shape index (κ3) is 1.47. The van der Waals surface area contributed by atoms with Crippen LogP contribution in [0.3, 0.4) is 0 Å². The summed E-state index contributed by atoms with van der Waals surface area (Å²) in [4.78, 5) is 0. The first-order valence-electron chi connectivity index (χ1n) is 4.69. The average molecular weight is 175 g/mol. The first-order valence-corrected chi connectivity index (χ1v) is 4.69. The van der Waals surface area contributed by atoms with Gasteiger partial charge in [-0.15, -0.1) is 0 Å². The highest BCUT2D eigenvalue weighted by Crippen LogP contribution is 2.49. The molecule has 1 nitrogen and oxygen atoms in total. The predicted octanol–water partition coefficient (Wildman–Crippen LogP) is 2.30. The Balaban J connectivity index is 1.99. The number of alkyl halides is 2. The fourth-order valence-corrected chi connectivity index (χ4v) is 2.22. The van der Waals surface area contributed by atoms with E-state index in [1.807, 2.05) is 0 Å². The van der Waals surface area contributed by atoms with E-state index in [0.29, 0.717) is 6.42 Å². The van der Waals surface area contributed by atoms with Gasteiger partial charge in [0.05, 0.1) is 0 Å². The van der Waals surface area contributed by atoms with Gasteiger partial charge < -0.3 is 5.73 Å². The molecule has 1 unspecified atom stereocenters. The van der Waals surface area contributed by atoms with Gasteiger partial charge in [-0.3, -0.25) is 0 Å². The van der Waals surface area contributed by atoms with Gasteiger partial charge in [0.1, 0.15) is 0 Å². The predicted molar refractivity (Wildman–Crippen MR) is 43.1 cm³/mol. The summed E-state index contributed by atoms with van der Waals surface area (Å²) in [6, 6.07) is 0. The van der Waals surface area contributed by atoms with Crippen LogP contribution in [0.15, 0.2) is 0 Å². The minimum absolute atomic E-state index is 0.0312. The molecule has 3 heteroatoms. The lowest BCUT2D eigenvalue weighted by atomic mass is 9.80. The van der Waals surface area contributed by atoms with Crippen LogP contribution in [-0.4, -0.2) is 11.5 Å². The first kappa shape index (κ1) is 8.42. The quantitative estimate of drug-likeness (QED) is 0.650. The van der Waals surface area contributed by atoms with Crippen LogP contribution in [0.4, 0.5) is 8.78 Å². The SMILES string of the molecule is NC1(C2CCCC(F)(F)C2)CC1. The van der Waals surface area contributed by atoms with Crippen molar-refractivity contribution in [3.05, 3.63) is 0 Å². The van der Waals surface area contributed by atoms with Crippen molar-refractivity contribution < 1.29 is 8.78 Å². The zero-order valence-corrected chi connectivity index (χ0v) is 7.15. The third-order valence-corrected chi connectivity index (χ3v) is 3.28. The van der Waals surface area contributed by atoms with Crippen LogP contribution in [0.2, 0.25) is 0 Å². The normalized spacial score (nSPS) is 37.8. The summed E-state index contributed by atoms with van der Waals surface area (Å²) in [6.45, 7) is 0. The summed E-state index contributed by atoms with van der Waals surface area (Å²) in [5, 5.41) is 0. The Labute approximate surface area is 71.3 Å². The molecule has 0 aromatic carbocycles. The Morgan fingerprint density at radius 2 is 1.83 bits per heavy atom. The van der Waals surface area contributed by atoms with Crippen LogP contribution >= 0.6 is 0 Å². The van der Waals surface area contributed by atoms with Crippen molar-refractivity contribution in [2.75, 3.05) is 0 Å². The molecule has 2 N–H and O–H groups in total. The van der Waals surface area contributed by atoms with Gasteiger partial charge in [0, 0.05) is 18.4 Å². The highest BCUT2D eigenvalue weighted by atomic mass is 19.3. The summed E-state index contributed by atoms with van der Waals surface area (Å²) >= 11 is 0. The number of nitrogens with two attached hydrogens (primary N) is 1. The highest BCUT2D eigenvalue weighted by Gasteiger charge is 2.50. The van der Waals surface area contributed by atoms with E-state index in [1.54, 1.807) is 0 Å². The monoisotopic (exact) mass is 175 g/mol. The third-order valence-electron chi connectivity index (χ3n) is 3.28. The van der Waals surface area contributed by atoms with Gasteiger partial charge in [-0.25, -0.2) is 8.78 Å². The first-order chi connectivity index (χ1) is 5.52. The maximum atomic E-state index is 13.0. The minimum Gasteiger partial charge on any atom is -0.325 e. The summed E-state index contributed by atoms with van der Waals surface area (Å²) in [7, 11) is 0. The van der Waals surface area contributed by atoms with Crippen LogP contribution in [0.25, 0.3) is 0 Å². The smallest absolute Gasteiger partial charge is 0.248 e. The lowest BCUT2D eigenvalue weighted by Gasteiger charge is -2.32. The molecule has 2 aliphatic carbocycles. The molecule has 2 fully saturated rings. The average Bonchev–Trinajstić information content (AvgIpc) is 2.67. The molecule has 2 aliphatic rings. The van der Waals surface area contributed by atoms with Crippen LogP contribution in [0, 0.1) is 5.92 Å². The van der Waals surface area contributed by atoms with Crippen molar-refractivity contribution >= 4 is 0 Å². The van der Waals surface area contributed by atoms with Crippen molar-refractivity contribution in [3.63, 3.8) is 0 Å². The lowest BCUT2D eigenvalue weighted by Crippen LogP contribution is -2.39. The maximum absolute atomic E-state index is 13.0. The van der Waals surface area contributed by atoms with Crippen molar-refractivity contribution in [2.45, 2.75) is 50.0 Å².